The highest BCUT2D eigenvalue weighted by Crippen LogP contribution is 2.29. The maximum Gasteiger partial charge on any atom is 0.201 e. The lowest BCUT2D eigenvalue weighted by Gasteiger charge is -2.18. The first-order chi connectivity index (χ1) is 9.40. The largest absolute Gasteiger partial charge is 0.383 e. The molecular formula is C13H19N3O3S. The van der Waals surface area contributed by atoms with Gasteiger partial charge >= 0.3 is 0 Å². The quantitative estimate of drug-likeness (QED) is 0.906. The summed E-state index contributed by atoms with van der Waals surface area (Å²) in [5, 5.41) is 0. The highest BCUT2D eigenvalue weighted by atomic mass is 32.2. The van der Waals surface area contributed by atoms with Gasteiger partial charge in [-0.15, -0.1) is 0 Å². The van der Waals surface area contributed by atoms with Crippen LogP contribution in [0.25, 0.3) is 11.0 Å². The molecule has 1 aromatic carbocycles. The van der Waals surface area contributed by atoms with Crippen LogP contribution in [0.3, 0.4) is 0 Å². The number of imidazole rings is 1. The molecule has 0 aliphatic heterocycles. The van der Waals surface area contributed by atoms with Gasteiger partial charge in [0.05, 0.1) is 23.1 Å². The zero-order chi connectivity index (χ0) is 14.9. The molecule has 1 aromatic heterocycles. The standard InChI is InChI=1S/C13H19N3O3S/c1-4-9(8-19-2)16-10-6-5-7-11(20(3,17)18)12(10)15-13(16)14/h5-7,9H,4,8H2,1-3H3,(H2,14,15). The number of rotatable bonds is 5. The van der Waals surface area contributed by atoms with Crippen LogP contribution in [0, 0.1) is 0 Å². The summed E-state index contributed by atoms with van der Waals surface area (Å²) in [4.78, 5) is 4.44. The number of aromatic nitrogens is 2. The maximum absolute atomic E-state index is 11.8. The van der Waals surface area contributed by atoms with Crippen LogP contribution in [0.2, 0.25) is 0 Å². The van der Waals surface area contributed by atoms with E-state index in [2.05, 4.69) is 4.98 Å². The number of anilines is 1. The summed E-state index contributed by atoms with van der Waals surface area (Å²) in [6, 6.07) is 5.10. The third kappa shape index (κ3) is 2.51. The summed E-state index contributed by atoms with van der Waals surface area (Å²) in [5.74, 6) is 0.306. The zero-order valence-corrected chi connectivity index (χ0v) is 12.6. The summed E-state index contributed by atoms with van der Waals surface area (Å²) < 4.78 is 30.7. The molecule has 0 amide bonds. The zero-order valence-electron chi connectivity index (χ0n) is 11.8. The summed E-state index contributed by atoms with van der Waals surface area (Å²) >= 11 is 0. The van der Waals surface area contributed by atoms with Crippen molar-refractivity contribution in [3.63, 3.8) is 0 Å². The van der Waals surface area contributed by atoms with E-state index >= 15 is 0 Å². The molecule has 0 radical (unpaired) electrons. The number of ether oxygens (including phenoxy) is 1. The van der Waals surface area contributed by atoms with Crippen LogP contribution >= 0.6 is 0 Å². The van der Waals surface area contributed by atoms with Crippen LogP contribution in [-0.2, 0) is 14.6 Å². The van der Waals surface area contributed by atoms with Gasteiger partial charge in [-0.05, 0) is 18.6 Å². The van der Waals surface area contributed by atoms with E-state index in [9.17, 15) is 8.42 Å². The van der Waals surface area contributed by atoms with Crippen molar-refractivity contribution < 1.29 is 13.2 Å². The molecular weight excluding hydrogens is 278 g/mol. The van der Waals surface area contributed by atoms with E-state index in [0.29, 0.717) is 23.6 Å². The molecule has 20 heavy (non-hydrogen) atoms. The molecule has 1 unspecified atom stereocenters. The van der Waals surface area contributed by atoms with E-state index in [0.717, 1.165) is 6.42 Å². The molecule has 0 aliphatic rings. The Morgan fingerprint density at radius 1 is 1.45 bits per heavy atom. The third-order valence-corrected chi connectivity index (χ3v) is 4.43. The Kier molecular flexibility index (Phi) is 4.01. The van der Waals surface area contributed by atoms with E-state index in [1.54, 1.807) is 19.2 Å². The van der Waals surface area contributed by atoms with Crippen molar-refractivity contribution in [1.82, 2.24) is 9.55 Å². The van der Waals surface area contributed by atoms with Gasteiger partial charge in [-0.2, -0.15) is 0 Å². The number of para-hydroxylation sites is 1. The first kappa shape index (κ1) is 14.8. The highest BCUT2D eigenvalue weighted by molar-refractivity contribution is 7.91. The molecule has 110 valence electrons. The number of benzene rings is 1. The predicted octanol–water partition coefficient (Wildman–Crippen LogP) is 1.62. The molecule has 1 atom stereocenters. The maximum atomic E-state index is 11.8. The normalized spacial score (nSPS) is 13.8. The second-order valence-corrected chi connectivity index (χ2v) is 6.74. The Morgan fingerprint density at radius 2 is 2.15 bits per heavy atom. The summed E-state index contributed by atoms with van der Waals surface area (Å²) in [5.41, 5.74) is 7.11. The van der Waals surface area contributed by atoms with Crippen LogP contribution < -0.4 is 5.73 Å². The van der Waals surface area contributed by atoms with Crippen LogP contribution in [0.15, 0.2) is 23.1 Å². The predicted molar refractivity (Wildman–Crippen MR) is 78.5 cm³/mol. The molecule has 0 fully saturated rings. The van der Waals surface area contributed by atoms with Gasteiger partial charge < -0.3 is 15.0 Å². The number of sulfone groups is 1. The average Bonchev–Trinajstić information content (AvgIpc) is 2.70. The van der Waals surface area contributed by atoms with Gasteiger partial charge in [-0.25, -0.2) is 13.4 Å². The second-order valence-electron chi connectivity index (χ2n) is 4.75. The van der Waals surface area contributed by atoms with Gasteiger partial charge in [0.1, 0.15) is 5.52 Å². The molecule has 6 nitrogen and oxygen atoms in total. The third-order valence-electron chi connectivity index (χ3n) is 3.31. The minimum atomic E-state index is -3.34. The van der Waals surface area contributed by atoms with Crippen molar-refractivity contribution in [3.8, 4) is 0 Å². The number of methoxy groups -OCH3 is 1. The minimum Gasteiger partial charge on any atom is -0.383 e. The first-order valence-electron chi connectivity index (χ1n) is 6.35. The van der Waals surface area contributed by atoms with E-state index in [4.69, 9.17) is 10.5 Å². The minimum absolute atomic E-state index is 0.0276. The Bertz CT molecular complexity index is 722. The lowest BCUT2D eigenvalue weighted by atomic mass is 10.2. The van der Waals surface area contributed by atoms with Crippen LogP contribution in [0.1, 0.15) is 19.4 Å². The summed E-state index contributed by atoms with van der Waals surface area (Å²) in [6.45, 7) is 2.52. The molecule has 0 spiro atoms. The van der Waals surface area contributed by atoms with Crippen molar-refractivity contribution in [2.75, 3.05) is 25.7 Å². The first-order valence-corrected chi connectivity index (χ1v) is 8.24. The van der Waals surface area contributed by atoms with E-state index in [1.807, 2.05) is 17.6 Å². The van der Waals surface area contributed by atoms with Gasteiger partial charge in [-0.1, -0.05) is 13.0 Å². The van der Waals surface area contributed by atoms with E-state index < -0.39 is 9.84 Å². The molecule has 2 aromatic rings. The number of hydrogen-bond donors (Lipinski definition) is 1. The molecule has 0 saturated heterocycles. The fourth-order valence-electron chi connectivity index (χ4n) is 2.36. The number of nitrogens with zero attached hydrogens (tertiary/aromatic N) is 2. The van der Waals surface area contributed by atoms with Gasteiger partial charge in [0, 0.05) is 13.4 Å². The molecule has 0 bridgehead atoms. The highest BCUT2D eigenvalue weighted by Gasteiger charge is 2.21. The van der Waals surface area contributed by atoms with Crippen molar-refractivity contribution in [1.29, 1.82) is 0 Å². The van der Waals surface area contributed by atoms with Crippen molar-refractivity contribution in [2.24, 2.45) is 0 Å². The van der Waals surface area contributed by atoms with Crippen LogP contribution in [-0.4, -0.2) is 37.9 Å². The van der Waals surface area contributed by atoms with Crippen molar-refractivity contribution in [2.45, 2.75) is 24.3 Å². The Balaban J connectivity index is 2.73. The lowest BCUT2D eigenvalue weighted by molar-refractivity contribution is 0.155. The molecule has 0 aliphatic carbocycles. The van der Waals surface area contributed by atoms with Gasteiger partial charge in [0.15, 0.2) is 9.84 Å². The Hall–Kier alpha value is -1.60. The van der Waals surface area contributed by atoms with Gasteiger partial charge in [0.2, 0.25) is 5.95 Å². The lowest BCUT2D eigenvalue weighted by Crippen LogP contribution is -2.16. The van der Waals surface area contributed by atoms with Gasteiger partial charge in [0.25, 0.3) is 0 Å². The Labute approximate surface area is 118 Å². The Morgan fingerprint density at radius 3 is 2.70 bits per heavy atom. The molecule has 1 heterocycles. The molecule has 2 rings (SSSR count). The summed E-state index contributed by atoms with van der Waals surface area (Å²) in [6.07, 6.45) is 1.98. The summed E-state index contributed by atoms with van der Waals surface area (Å²) in [7, 11) is -1.72. The topological polar surface area (TPSA) is 87.2 Å². The number of nitrogens with two attached hydrogens (primary N) is 1. The number of fused-ring (bicyclic) bond motifs is 1. The average molecular weight is 297 g/mol. The molecule has 7 heteroatoms. The fourth-order valence-corrected chi connectivity index (χ4v) is 3.19. The van der Waals surface area contributed by atoms with Crippen molar-refractivity contribution in [3.05, 3.63) is 18.2 Å². The molecule has 0 saturated carbocycles. The monoisotopic (exact) mass is 297 g/mol. The van der Waals surface area contributed by atoms with Crippen molar-refractivity contribution >= 4 is 26.8 Å². The second kappa shape index (κ2) is 5.41. The van der Waals surface area contributed by atoms with E-state index in [1.165, 1.54) is 6.26 Å². The fraction of sp³-hybridized carbons (Fsp3) is 0.462. The van der Waals surface area contributed by atoms with E-state index in [-0.39, 0.29) is 10.9 Å². The van der Waals surface area contributed by atoms with Gasteiger partial charge in [-0.3, -0.25) is 0 Å². The smallest absolute Gasteiger partial charge is 0.201 e. The number of nitrogen functional groups attached to an aromatic ring is 1. The SMILES string of the molecule is CCC(COC)n1c(N)nc2c(S(C)(=O)=O)cccc21. The number of hydrogen-bond acceptors (Lipinski definition) is 5. The molecule has 2 N–H and O–H groups in total. The van der Waals surface area contributed by atoms with Crippen LogP contribution in [0.5, 0.6) is 0 Å². The van der Waals surface area contributed by atoms with Crippen LogP contribution in [0.4, 0.5) is 5.95 Å².